The van der Waals surface area contributed by atoms with Crippen LogP contribution in [-0.2, 0) is 14.8 Å². The third kappa shape index (κ3) is 0.739. The van der Waals surface area contributed by atoms with Crippen LogP contribution in [0.15, 0.2) is 12.7 Å². The predicted octanol–water partition coefficient (Wildman–Crippen LogP) is 0.383. The van der Waals surface area contributed by atoms with Crippen LogP contribution in [-0.4, -0.2) is 32.0 Å². The molecule has 2 aromatic heterocycles. The van der Waals surface area contributed by atoms with Crippen LogP contribution in [0.5, 0.6) is 0 Å². The molecular weight excluding hydrogens is 229 g/mol. The van der Waals surface area contributed by atoms with Gasteiger partial charge in [-0.2, -0.15) is 0 Å². The van der Waals surface area contributed by atoms with Gasteiger partial charge in [0.05, 0.1) is 12.5 Å². The molecule has 2 atom stereocenters. The maximum absolute atomic E-state index is 12.0. The maximum atomic E-state index is 12.0. The molecule has 0 saturated carbocycles. The van der Waals surface area contributed by atoms with Gasteiger partial charge in [-0.15, -0.1) is 0 Å². The fourth-order valence-electron chi connectivity index (χ4n) is 2.20. The van der Waals surface area contributed by atoms with Gasteiger partial charge in [-0.25, -0.2) is 15.0 Å². The molecule has 7 nitrogen and oxygen atoms in total. The van der Waals surface area contributed by atoms with E-state index in [4.69, 9.17) is 10.5 Å². The lowest BCUT2D eigenvalue weighted by Gasteiger charge is -2.26. The predicted molar refractivity (Wildman–Crippen MR) is 56.1 cm³/mol. The lowest BCUT2D eigenvalue weighted by molar-refractivity contribution is 0.00812. The summed E-state index contributed by atoms with van der Waals surface area (Å²) >= 11 is 0. The lowest BCUT2D eigenvalue weighted by Crippen LogP contribution is -2.28. The number of aromatic nitrogens is 4. The number of nitrogens with two attached hydrogens (primary N) is 1. The third-order valence-corrected chi connectivity index (χ3v) is 6.12. The van der Waals surface area contributed by atoms with E-state index in [1.165, 1.54) is 6.33 Å². The van der Waals surface area contributed by atoms with E-state index in [9.17, 15) is 4.57 Å². The highest BCUT2D eigenvalue weighted by molar-refractivity contribution is 7.73. The minimum absolute atomic E-state index is 0.329. The second-order valence-corrected chi connectivity index (χ2v) is 7.16. The zero-order valence-corrected chi connectivity index (χ0v) is 9.09. The van der Waals surface area contributed by atoms with E-state index in [1.54, 1.807) is 10.9 Å². The zero-order valence-electron chi connectivity index (χ0n) is 8.20. The van der Waals surface area contributed by atoms with Gasteiger partial charge >= 0.3 is 0 Å². The fourth-order valence-corrected chi connectivity index (χ4v) is 4.85. The molecule has 0 amide bonds. The highest BCUT2D eigenvalue weighted by Gasteiger charge is 2.76. The van der Waals surface area contributed by atoms with E-state index >= 15 is 0 Å². The van der Waals surface area contributed by atoms with Crippen LogP contribution in [0.2, 0.25) is 0 Å². The van der Waals surface area contributed by atoms with Gasteiger partial charge in [0.1, 0.15) is 18.2 Å². The van der Waals surface area contributed by atoms with Gasteiger partial charge in [0.25, 0.3) is 0 Å². The Morgan fingerprint density at radius 1 is 1.50 bits per heavy atom. The summed E-state index contributed by atoms with van der Waals surface area (Å²) in [5, 5.41) is 0. The van der Waals surface area contributed by atoms with Crippen LogP contribution in [0.25, 0.3) is 11.2 Å². The number of nitrogens with zero attached hydrogens (tertiary/aromatic N) is 4. The van der Waals surface area contributed by atoms with E-state index in [-0.39, 0.29) is 0 Å². The molecule has 0 spiro atoms. The topological polar surface area (TPSA) is 95.9 Å². The Morgan fingerprint density at radius 2 is 2.38 bits per heavy atom. The van der Waals surface area contributed by atoms with Crippen molar-refractivity contribution in [3.8, 4) is 0 Å². The molecule has 4 heterocycles. The van der Waals surface area contributed by atoms with Crippen molar-refractivity contribution in [2.75, 3.05) is 18.2 Å². The van der Waals surface area contributed by atoms with Crippen molar-refractivity contribution in [1.82, 2.24) is 19.5 Å². The molecule has 82 valence electrons. The van der Waals surface area contributed by atoms with E-state index in [2.05, 4.69) is 15.0 Å². The first kappa shape index (κ1) is 8.66. The molecule has 0 aromatic carbocycles. The van der Waals surface area contributed by atoms with Crippen molar-refractivity contribution >= 4 is 24.1 Å². The number of hydrogen-bond donors (Lipinski definition) is 1. The van der Waals surface area contributed by atoms with Crippen molar-refractivity contribution in [2.45, 2.75) is 5.47 Å². The van der Waals surface area contributed by atoms with Gasteiger partial charge in [-0.3, -0.25) is 4.57 Å². The average Bonchev–Trinajstić information content (AvgIpc) is 2.67. The zero-order chi connectivity index (χ0) is 11.0. The molecule has 2 aliphatic heterocycles. The summed E-state index contributed by atoms with van der Waals surface area (Å²) in [5.74, 6) is 0.329. The lowest BCUT2D eigenvalue weighted by atomic mass is 10.5. The normalized spacial score (nSPS) is 35.8. The first-order chi connectivity index (χ1) is 7.66. The second kappa shape index (κ2) is 2.28. The van der Waals surface area contributed by atoms with Crippen molar-refractivity contribution in [3.63, 3.8) is 0 Å². The van der Waals surface area contributed by atoms with Crippen molar-refractivity contribution < 1.29 is 9.30 Å². The van der Waals surface area contributed by atoms with Gasteiger partial charge in [0.2, 0.25) is 5.47 Å². The molecule has 2 fully saturated rings. The monoisotopic (exact) mass is 237 g/mol. The Hall–Kier alpha value is -1.46. The van der Waals surface area contributed by atoms with Crippen LogP contribution in [0.1, 0.15) is 0 Å². The van der Waals surface area contributed by atoms with Crippen molar-refractivity contribution in [3.05, 3.63) is 12.7 Å². The van der Waals surface area contributed by atoms with Crippen LogP contribution >= 0.6 is 7.14 Å². The number of imidazole rings is 1. The summed E-state index contributed by atoms with van der Waals surface area (Å²) in [6, 6.07) is 0. The van der Waals surface area contributed by atoms with Gasteiger partial charge in [-0.1, -0.05) is 0 Å². The van der Waals surface area contributed by atoms with Gasteiger partial charge < -0.3 is 15.0 Å². The van der Waals surface area contributed by atoms with Gasteiger partial charge in [0.15, 0.2) is 18.6 Å². The smallest absolute Gasteiger partial charge is 0.210 e. The molecular formula is C8H8N5O2P. The number of rotatable bonds is 1. The Kier molecular flexibility index (Phi) is 1.24. The van der Waals surface area contributed by atoms with E-state index in [1.807, 2.05) is 0 Å². The van der Waals surface area contributed by atoms with Crippen molar-refractivity contribution in [1.29, 1.82) is 0 Å². The SMILES string of the molecule is Nc1ncnc2c1ncn2C12CP1(=O)CO2. The summed E-state index contributed by atoms with van der Waals surface area (Å²) in [6.45, 7) is 0. The first-order valence-corrected chi connectivity index (χ1v) is 6.90. The summed E-state index contributed by atoms with van der Waals surface area (Å²) in [6.07, 6.45) is 3.90. The van der Waals surface area contributed by atoms with Crippen LogP contribution < -0.4 is 5.73 Å². The highest BCUT2D eigenvalue weighted by Crippen LogP contribution is 2.86. The van der Waals surface area contributed by atoms with Crippen molar-refractivity contribution in [2.24, 2.45) is 0 Å². The van der Waals surface area contributed by atoms with Crippen LogP contribution in [0.4, 0.5) is 5.82 Å². The molecule has 16 heavy (non-hydrogen) atoms. The van der Waals surface area contributed by atoms with Gasteiger partial charge in [-0.05, 0) is 0 Å². The fraction of sp³-hybridized carbons (Fsp3) is 0.375. The van der Waals surface area contributed by atoms with Crippen LogP contribution in [0, 0.1) is 0 Å². The Labute approximate surface area is 90.0 Å². The molecule has 4 rings (SSSR count). The molecule has 8 heteroatoms. The maximum Gasteiger partial charge on any atom is 0.210 e. The Morgan fingerprint density at radius 3 is 3.00 bits per heavy atom. The first-order valence-electron chi connectivity index (χ1n) is 4.82. The molecule has 0 aliphatic carbocycles. The molecule has 2 aliphatic rings. The van der Waals surface area contributed by atoms with E-state index < -0.39 is 12.6 Å². The Bertz CT molecular complexity index is 667. The summed E-state index contributed by atoms with van der Waals surface area (Å²) in [4.78, 5) is 12.1. The molecule has 0 radical (unpaired) electrons. The summed E-state index contributed by atoms with van der Waals surface area (Å²) in [5.41, 5.74) is 6.14. The summed E-state index contributed by atoms with van der Waals surface area (Å²) < 4.78 is 19.2. The minimum atomic E-state index is -2.14. The quantitative estimate of drug-likeness (QED) is 0.720. The average molecular weight is 237 g/mol. The number of hydrogen-bond acceptors (Lipinski definition) is 6. The third-order valence-electron chi connectivity index (χ3n) is 3.24. The number of anilines is 1. The number of nitrogen functional groups attached to an aromatic ring is 1. The molecule has 2 saturated heterocycles. The largest absolute Gasteiger partial charge is 0.382 e. The molecule has 2 unspecified atom stereocenters. The standard InChI is InChI=1S/C8H8N5O2P/c9-6-5-7(11-2-10-6)13(3-12-5)8-1-16(8,14)4-15-8/h2-3H,1,4H2,(H2,9,10,11). The molecule has 2 aromatic rings. The Balaban J connectivity index is 2.01. The second-order valence-electron chi connectivity index (χ2n) is 4.11. The van der Waals surface area contributed by atoms with Gasteiger partial charge in [0, 0.05) is 0 Å². The van der Waals surface area contributed by atoms with Crippen LogP contribution in [0.3, 0.4) is 0 Å². The molecule has 2 N–H and O–H groups in total. The summed E-state index contributed by atoms with van der Waals surface area (Å²) in [7, 11) is -2.14. The van der Waals surface area contributed by atoms with E-state index in [0.717, 1.165) is 0 Å². The number of ether oxygens (including phenoxy) is 1. The molecule has 0 bridgehead atoms. The number of fused-ring (bicyclic) bond motifs is 2. The highest BCUT2D eigenvalue weighted by atomic mass is 31.2. The minimum Gasteiger partial charge on any atom is -0.382 e. The van der Waals surface area contributed by atoms with E-state index in [0.29, 0.717) is 29.5 Å².